The van der Waals surface area contributed by atoms with Gasteiger partial charge >= 0.3 is 0 Å². The standard InChI is InChI=1S/C45H51N3O7S/c1-30-18-24-39(25-19-30)56(52,53)47-40(26-33-12-7-5-8-13-33)44(51)46-38-17-11-16-37(27-38)45-54-41(28-48(4)32(3)42(50)35-14-9-6-10-15-35)31(2)43(55-45)36-22-20-34(29-49)21-23-36/h5-25,27,31-32,40-43,45,47,49-50H,26,28-29H2,1-4H3,(H,46,51). The van der Waals surface area contributed by atoms with Gasteiger partial charge in [0.15, 0.2) is 6.29 Å². The highest BCUT2D eigenvalue weighted by Crippen LogP contribution is 2.42. The van der Waals surface area contributed by atoms with Gasteiger partial charge in [-0.2, -0.15) is 4.72 Å². The van der Waals surface area contributed by atoms with Crippen molar-refractivity contribution in [3.05, 3.63) is 167 Å². The van der Waals surface area contributed by atoms with Crippen molar-refractivity contribution in [2.24, 2.45) is 5.92 Å². The first-order chi connectivity index (χ1) is 26.9. The molecular formula is C45H51N3O7S. The fourth-order valence-electron chi connectivity index (χ4n) is 6.95. The molecule has 1 saturated heterocycles. The molecule has 0 aromatic heterocycles. The minimum absolute atomic E-state index is 0.0692. The fourth-order valence-corrected chi connectivity index (χ4v) is 8.15. The molecule has 56 heavy (non-hydrogen) atoms. The Morgan fingerprint density at radius 3 is 2.14 bits per heavy atom. The lowest BCUT2D eigenvalue weighted by Crippen LogP contribution is -2.46. The maximum atomic E-state index is 14.0. The van der Waals surface area contributed by atoms with E-state index in [2.05, 4.69) is 21.9 Å². The largest absolute Gasteiger partial charge is 0.392 e. The normalized spacial score (nSPS) is 20.3. The Kier molecular flexibility index (Phi) is 13.5. The molecule has 1 heterocycles. The number of likely N-dealkylation sites (N-methyl/N-ethyl adjacent to an activating group) is 1. The number of nitrogens with zero attached hydrogens (tertiary/aromatic N) is 1. The SMILES string of the molecule is Cc1ccc(S(=O)(=O)NC(Cc2ccccc2)C(=O)Nc2cccc(C3OC(CN(C)C(C)C(O)c4ccccc4)C(C)C(c4ccc(CO)cc4)O3)c2)cc1. The van der Waals surface area contributed by atoms with Gasteiger partial charge < -0.3 is 25.0 Å². The molecule has 5 aromatic rings. The predicted octanol–water partition coefficient (Wildman–Crippen LogP) is 6.86. The third kappa shape index (κ3) is 10.2. The van der Waals surface area contributed by atoms with E-state index in [1.807, 2.05) is 112 Å². The van der Waals surface area contributed by atoms with Crippen molar-refractivity contribution in [3.8, 4) is 0 Å². The zero-order valence-corrected chi connectivity index (χ0v) is 33.0. The first-order valence-electron chi connectivity index (χ1n) is 18.9. The number of carbonyl (C=O) groups is 1. The number of aliphatic hydroxyl groups excluding tert-OH is 2. The van der Waals surface area contributed by atoms with Crippen LogP contribution in [0, 0.1) is 12.8 Å². The summed E-state index contributed by atoms with van der Waals surface area (Å²) in [6, 6.07) is 38.8. The summed E-state index contributed by atoms with van der Waals surface area (Å²) in [7, 11) is -2.06. The minimum Gasteiger partial charge on any atom is -0.392 e. The van der Waals surface area contributed by atoms with E-state index in [9.17, 15) is 23.4 Å². The number of sulfonamides is 1. The molecule has 0 saturated carbocycles. The van der Waals surface area contributed by atoms with Gasteiger partial charge in [-0.05, 0) is 73.8 Å². The van der Waals surface area contributed by atoms with E-state index in [4.69, 9.17) is 9.47 Å². The number of anilines is 1. The molecule has 1 fully saturated rings. The maximum absolute atomic E-state index is 14.0. The fraction of sp³-hybridized carbons (Fsp3) is 0.311. The van der Waals surface area contributed by atoms with Crippen LogP contribution < -0.4 is 10.0 Å². The number of aryl methyl sites for hydroxylation is 1. The predicted molar refractivity (Wildman–Crippen MR) is 217 cm³/mol. The quantitative estimate of drug-likeness (QED) is 0.0906. The molecule has 7 atom stereocenters. The van der Waals surface area contributed by atoms with Crippen molar-refractivity contribution in [2.75, 3.05) is 18.9 Å². The summed E-state index contributed by atoms with van der Waals surface area (Å²) >= 11 is 0. The van der Waals surface area contributed by atoms with Crippen LogP contribution in [0.1, 0.15) is 65.7 Å². The Balaban J connectivity index is 1.24. The van der Waals surface area contributed by atoms with Crippen molar-refractivity contribution in [1.82, 2.24) is 9.62 Å². The molecule has 1 amide bonds. The summed E-state index contributed by atoms with van der Waals surface area (Å²) in [5.74, 6) is -0.619. The van der Waals surface area contributed by atoms with Crippen LogP contribution in [-0.2, 0) is 37.3 Å². The van der Waals surface area contributed by atoms with Crippen LogP contribution in [0.2, 0.25) is 0 Å². The monoisotopic (exact) mass is 777 g/mol. The van der Waals surface area contributed by atoms with E-state index in [-0.39, 0.29) is 42.1 Å². The van der Waals surface area contributed by atoms with Gasteiger partial charge in [-0.3, -0.25) is 9.69 Å². The van der Waals surface area contributed by atoms with Gasteiger partial charge in [-0.15, -0.1) is 0 Å². The number of hydrogen-bond donors (Lipinski definition) is 4. The Morgan fingerprint density at radius 2 is 1.48 bits per heavy atom. The zero-order chi connectivity index (χ0) is 39.8. The van der Waals surface area contributed by atoms with Gasteiger partial charge in [-0.25, -0.2) is 8.42 Å². The summed E-state index contributed by atoms with van der Waals surface area (Å²) < 4.78 is 43.0. The maximum Gasteiger partial charge on any atom is 0.242 e. The molecule has 6 rings (SSSR count). The molecule has 10 nitrogen and oxygen atoms in total. The minimum atomic E-state index is -4.03. The molecule has 0 radical (unpaired) electrons. The van der Waals surface area contributed by atoms with Gasteiger partial charge in [0.2, 0.25) is 15.9 Å². The van der Waals surface area contributed by atoms with E-state index in [1.54, 1.807) is 30.3 Å². The molecule has 7 unspecified atom stereocenters. The van der Waals surface area contributed by atoms with E-state index < -0.39 is 34.4 Å². The van der Waals surface area contributed by atoms with Crippen LogP contribution in [0.4, 0.5) is 5.69 Å². The molecule has 294 valence electrons. The molecule has 0 aliphatic carbocycles. The third-order valence-electron chi connectivity index (χ3n) is 10.5. The summed E-state index contributed by atoms with van der Waals surface area (Å²) in [4.78, 5) is 16.1. The Bertz CT molecular complexity index is 2130. The Morgan fingerprint density at radius 1 is 0.821 bits per heavy atom. The lowest BCUT2D eigenvalue weighted by atomic mass is 9.89. The topological polar surface area (TPSA) is 137 Å². The lowest BCUT2D eigenvalue weighted by Gasteiger charge is -2.43. The average Bonchev–Trinajstić information content (AvgIpc) is 3.21. The van der Waals surface area contributed by atoms with Crippen molar-refractivity contribution in [3.63, 3.8) is 0 Å². The molecule has 4 N–H and O–H groups in total. The van der Waals surface area contributed by atoms with Gasteiger partial charge in [0.1, 0.15) is 6.04 Å². The van der Waals surface area contributed by atoms with E-state index in [0.717, 1.165) is 27.8 Å². The number of nitrogens with one attached hydrogen (secondary N) is 2. The van der Waals surface area contributed by atoms with Crippen molar-refractivity contribution >= 4 is 21.6 Å². The molecule has 5 aromatic carbocycles. The number of ether oxygens (including phenoxy) is 2. The Labute approximate surface area is 330 Å². The third-order valence-corrected chi connectivity index (χ3v) is 12.0. The first-order valence-corrected chi connectivity index (χ1v) is 20.4. The molecular weight excluding hydrogens is 727 g/mol. The number of amides is 1. The number of carbonyl (C=O) groups excluding carboxylic acids is 1. The van der Waals surface area contributed by atoms with E-state index in [0.29, 0.717) is 17.8 Å². The van der Waals surface area contributed by atoms with Crippen molar-refractivity contribution in [1.29, 1.82) is 0 Å². The van der Waals surface area contributed by atoms with Crippen LogP contribution in [0.5, 0.6) is 0 Å². The number of benzene rings is 5. The molecule has 1 aliphatic rings. The zero-order valence-electron chi connectivity index (χ0n) is 32.2. The first kappa shape index (κ1) is 40.9. The van der Waals surface area contributed by atoms with Crippen molar-refractivity contribution < 1.29 is 32.9 Å². The highest BCUT2D eigenvalue weighted by Gasteiger charge is 2.40. The summed E-state index contributed by atoms with van der Waals surface area (Å²) in [6.07, 6.45) is -2.09. The second-order valence-electron chi connectivity index (χ2n) is 14.6. The Hall–Kier alpha value is -4.72. The summed E-state index contributed by atoms with van der Waals surface area (Å²) in [5.41, 5.74) is 5.39. The van der Waals surface area contributed by atoms with Gasteiger partial charge in [0, 0.05) is 29.8 Å². The van der Waals surface area contributed by atoms with E-state index >= 15 is 0 Å². The number of hydrogen-bond acceptors (Lipinski definition) is 8. The molecule has 0 spiro atoms. The van der Waals surface area contributed by atoms with Crippen LogP contribution >= 0.6 is 0 Å². The molecule has 1 aliphatic heterocycles. The van der Waals surface area contributed by atoms with Crippen LogP contribution in [0.3, 0.4) is 0 Å². The van der Waals surface area contributed by atoms with Crippen molar-refractivity contribution in [2.45, 2.75) is 75.4 Å². The van der Waals surface area contributed by atoms with Gasteiger partial charge in [0.05, 0.1) is 29.8 Å². The second kappa shape index (κ2) is 18.5. The number of aliphatic hydroxyl groups is 2. The highest BCUT2D eigenvalue weighted by molar-refractivity contribution is 7.89. The van der Waals surface area contributed by atoms with Crippen LogP contribution in [0.25, 0.3) is 0 Å². The summed E-state index contributed by atoms with van der Waals surface area (Å²) in [5, 5.41) is 23.8. The van der Waals surface area contributed by atoms with Gasteiger partial charge in [0.25, 0.3) is 0 Å². The number of rotatable bonds is 15. The van der Waals surface area contributed by atoms with Gasteiger partial charge in [-0.1, -0.05) is 122 Å². The highest BCUT2D eigenvalue weighted by atomic mass is 32.2. The molecule has 0 bridgehead atoms. The lowest BCUT2D eigenvalue weighted by molar-refractivity contribution is -0.276. The smallest absolute Gasteiger partial charge is 0.242 e. The van der Waals surface area contributed by atoms with E-state index in [1.165, 1.54) is 12.1 Å². The van der Waals surface area contributed by atoms with Crippen LogP contribution in [0.15, 0.2) is 138 Å². The average molecular weight is 778 g/mol. The molecule has 11 heteroatoms. The van der Waals surface area contributed by atoms with Crippen LogP contribution in [-0.4, -0.2) is 61.2 Å². The summed E-state index contributed by atoms with van der Waals surface area (Å²) in [6.45, 7) is 6.37. The second-order valence-corrected chi connectivity index (χ2v) is 16.4.